The highest BCUT2D eigenvalue weighted by Gasteiger charge is 1.84. The van der Waals surface area contributed by atoms with Gasteiger partial charge in [-0.05, 0) is 0 Å². The normalized spacial score (nSPS) is 7.30. The van der Waals surface area contributed by atoms with Gasteiger partial charge in [0.15, 0.2) is 0 Å². The zero-order chi connectivity index (χ0) is 5.82. The molecule has 0 bridgehead atoms. The molecule has 0 unspecified atom stereocenters. The second-order valence-corrected chi connectivity index (χ2v) is 1.89. The molecule has 0 saturated carbocycles. The van der Waals surface area contributed by atoms with Crippen molar-refractivity contribution in [2.75, 3.05) is 0 Å². The van der Waals surface area contributed by atoms with E-state index < -0.39 is 0 Å². The minimum absolute atomic E-state index is 0. The Hall–Kier alpha value is 0.140. The summed E-state index contributed by atoms with van der Waals surface area (Å²) in [6, 6.07) is 0. The number of nitrogens with zero attached hydrogens (tertiary/aromatic N) is 2. The first kappa shape index (κ1) is 12.8. The Bertz CT molecular complexity index is 159. The van der Waals surface area contributed by atoms with Gasteiger partial charge in [0, 0.05) is 23.9 Å². The summed E-state index contributed by atoms with van der Waals surface area (Å²) >= 11 is 3.25. The molecule has 0 spiro atoms. The van der Waals surface area contributed by atoms with E-state index in [1.165, 1.54) is 0 Å². The van der Waals surface area contributed by atoms with Gasteiger partial charge in [-0.2, -0.15) is 0 Å². The molecule has 1 aromatic heterocycles. The fraction of sp³-hybridized carbons (Fsp3) is 0.200. The molecule has 0 amide bonds. The van der Waals surface area contributed by atoms with E-state index in [1.54, 1.807) is 18.6 Å². The highest BCUT2D eigenvalue weighted by molar-refractivity contribution is 9.08. The first-order valence-electron chi connectivity index (χ1n) is 2.24. The number of rotatable bonds is 1. The van der Waals surface area contributed by atoms with Crippen molar-refractivity contribution < 1.29 is 0 Å². The van der Waals surface area contributed by atoms with Crippen LogP contribution < -0.4 is 0 Å². The van der Waals surface area contributed by atoms with Crippen molar-refractivity contribution >= 4 is 40.7 Å². The third-order valence-corrected chi connectivity index (χ3v) is 1.33. The third-order valence-electron chi connectivity index (χ3n) is 0.754. The average molecular weight is 246 g/mol. The molecule has 2 nitrogen and oxygen atoms in total. The number of alkyl halides is 1. The summed E-state index contributed by atoms with van der Waals surface area (Å²) in [7, 11) is 0. The van der Waals surface area contributed by atoms with Crippen LogP contribution in [0.5, 0.6) is 0 Å². The van der Waals surface area contributed by atoms with Crippen LogP contribution in [0, 0.1) is 0 Å². The van der Waals surface area contributed by atoms with Crippen LogP contribution >= 0.6 is 40.7 Å². The van der Waals surface area contributed by atoms with Crippen LogP contribution in [0.15, 0.2) is 18.6 Å². The molecule has 0 fully saturated rings. The summed E-state index contributed by atoms with van der Waals surface area (Å²) in [4.78, 5) is 7.85. The van der Waals surface area contributed by atoms with Gasteiger partial charge in [0.1, 0.15) is 0 Å². The van der Waals surface area contributed by atoms with E-state index in [2.05, 4.69) is 25.9 Å². The molecular weight excluding hydrogens is 239 g/mol. The molecular formula is C5H7BrCl2N2. The molecule has 0 saturated heterocycles. The molecule has 0 atom stereocenters. The predicted octanol–water partition coefficient (Wildman–Crippen LogP) is 2.22. The highest BCUT2D eigenvalue weighted by Crippen LogP contribution is 1.95. The van der Waals surface area contributed by atoms with Crippen LogP contribution in [-0.2, 0) is 5.33 Å². The van der Waals surface area contributed by atoms with Crippen LogP contribution in [0.25, 0.3) is 0 Å². The summed E-state index contributed by atoms with van der Waals surface area (Å²) in [5.41, 5.74) is 0.965. The van der Waals surface area contributed by atoms with Crippen molar-refractivity contribution in [1.82, 2.24) is 9.97 Å². The molecule has 1 heterocycles. The van der Waals surface area contributed by atoms with Gasteiger partial charge in [-0.3, -0.25) is 9.97 Å². The van der Waals surface area contributed by atoms with Gasteiger partial charge >= 0.3 is 0 Å². The van der Waals surface area contributed by atoms with Crippen molar-refractivity contribution in [2.45, 2.75) is 5.33 Å². The smallest absolute Gasteiger partial charge is 0.0692 e. The highest BCUT2D eigenvalue weighted by atomic mass is 79.9. The van der Waals surface area contributed by atoms with Gasteiger partial charge in [-0.25, -0.2) is 0 Å². The number of hydrogen-bond donors (Lipinski definition) is 0. The monoisotopic (exact) mass is 244 g/mol. The molecule has 0 aliphatic rings. The average Bonchev–Trinajstić information content (AvgIpc) is 1.90. The second kappa shape index (κ2) is 7.25. The molecule has 0 aromatic carbocycles. The SMILES string of the molecule is BrCc1cnccn1.Cl.Cl. The summed E-state index contributed by atoms with van der Waals surface area (Å²) < 4.78 is 0. The van der Waals surface area contributed by atoms with Gasteiger partial charge in [0.2, 0.25) is 0 Å². The predicted molar refractivity (Wildman–Crippen MR) is 49.2 cm³/mol. The molecule has 1 aromatic rings. The topological polar surface area (TPSA) is 25.8 Å². The summed E-state index contributed by atoms with van der Waals surface area (Å²) in [6.45, 7) is 0. The standard InChI is InChI=1S/C5H5BrN2.2ClH/c6-3-5-4-7-1-2-8-5;;/h1-2,4H,3H2;2*1H. The Morgan fingerprint density at radius 3 is 2.30 bits per heavy atom. The Morgan fingerprint density at radius 1 is 1.30 bits per heavy atom. The van der Waals surface area contributed by atoms with Crippen LogP contribution in [0.1, 0.15) is 5.69 Å². The first-order valence-corrected chi connectivity index (χ1v) is 3.36. The van der Waals surface area contributed by atoms with Crippen LogP contribution in [-0.4, -0.2) is 9.97 Å². The van der Waals surface area contributed by atoms with Crippen molar-refractivity contribution in [3.63, 3.8) is 0 Å². The minimum atomic E-state index is 0. The van der Waals surface area contributed by atoms with Crippen LogP contribution in [0.3, 0.4) is 0 Å². The van der Waals surface area contributed by atoms with E-state index in [-0.39, 0.29) is 24.8 Å². The van der Waals surface area contributed by atoms with E-state index in [0.29, 0.717) is 0 Å². The molecule has 58 valence electrons. The van der Waals surface area contributed by atoms with Crippen molar-refractivity contribution in [3.05, 3.63) is 24.3 Å². The maximum absolute atomic E-state index is 3.99. The Morgan fingerprint density at radius 2 is 2.00 bits per heavy atom. The number of halogens is 3. The molecule has 0 radical (unpaired) electrons. The lowest BCUT2D eigenvalue weighted by molar-refractivity contribution is 1.11. The van der Waals surface area contributed by atoms with Gasteiger partial charge in [0.25, 0.3) is 0 Å². The van der Waals surface area contributed by atoms with Crippen molar-refractivity contribution in [3.8, 4) is 0 Å². The zero-order valence-corrected chi connectivity index (χ0v) is 8.25. The van der Waals surface area contributed by atoms with Gasteiger partial charge in [-0.15, -0.1) is 24.8 Å². The van der Waals surface area contributed by atoms with E-state index in [9.17, 15) is 0 Å². The quantitative estimate of drug-likeness (QED) is 0.710. The molecule has 0 aliphatic heterocycles. The van der Waals surface area contributed by atoms with Crippen molar-refractivity contribution in [2.24, 2.45) is 0 Å². The maximum Gasteiger partial charge on any atom is 0.0692 e. The lowest BCUT2D eigenvalue weighted by Gasteiger charge is -1.86. The van der Waals surface area contributed by atoms with E-state index in [1.807, 2.05) is 0 Å². The zero-order valence-electron chi connectivity index (χ0n) is 5.03. The molecule has 0 aliphatic carbocycles. The lowest BCUT2D eigenvalue weighted by atomic mass is 10.5. The lowest BCUT2D eigenvalue weighted by Crippen LogP contribution is -1.82. The third kappa shape index (κ3) is 4.04. The minimum Gasteiger partial charge on any atom is -0.261 e. The molecule has 10 heavy (non-hydrogen) atoms. The summed E-state index contributed by atoms with van der Waals surface area (Å²) in [5.74, 6) is 0. The molecule has 1 rings (SSSR count). The van der Waals surface area contributed by atoms with Crippen LogP contribution in [0.4, 0.5) is 0 Å². The largest absolute Gasteiger partial charge is 0.261 e. The molecule has 0 N–H and O–H groups in total. The van der Waals surface area contributed by atoms with Gasteiger partial charge in [0.05, 0.1) is 5.69 Å². The Labute approximate surface area is 80.4 Å². The Balaban J connectivity index is 0. The fourth-order valence-electron chi connectivity index (χ4n) is 0.399. The van der Waals surface area contributed by atoms with Gasteiger partial charge < -0.3 is 0 Å². The Kier molecular flexibility index (Phi) is 9.27. The van der Waals surface area contributed by atoms with Crippen molar-refractivity contribution in [1.29, 1.82) is 0 Å². The number of hydrogen-bond acceptors (Lipinski definition) is 2. The van der Waals surface area contributed by atoms with E-state index in [4.69, 9.17) is 0 Å². The van der Waals surface area contributed by atoms with Gasteiger partial charge in [-0.1, -0.05) is 15.9 Å². The second-order valence-electron chi connectivity index (χ2n) is 1.33. The molecule has 5 heteroatoms. The van der Waals surface area contributed by atoms with E-state index >= 15 is 0 Å². The maximum atomic E-state index is 3.99. The first-order chi connectivity index (χ1) is 3.93. The summed E-state index contributed by atoms with van der Waals surface area (Å²) in [5, 5.41) is 0.779. The fourth-order valence-corrected chi connectivity index (χ4v) is 0.689. The van der Waals surface area contributed by atoms with Crippen LogP contribution in [0.2, 0.25) is 0 Å². The van der Waals surface area contributed by atoms with E-state index in [0.717, 1.165) is 11.0 Å². The summed E-state index contributed by atoms with van der Waals surface area (Å²) in [6.07, 6.45) is 5.07. The number of aromatic nitrogens is 2.